The molecule has 3 aromatic rings. The minimum atomic E-state index is -0.950. The molecule has 0 aliphatic carbocycles. The summed E-state index contributed by atoms with van der Waals surface area (Å²) in [5.74, 6) is 0.458. The van der Waals surface area contributed by atoms with E-state index in [-0.39, 0.29) is 11.0 Å². The Hall–Kier alpha value is -3.27. The molecule has 4 heteroatoms. The van der Waals surface area contributed by atoms with Gasteiger partial charge in [0.25, 0.3) is 0 Å². The van der Waals surface area contributed by atoms with Gasteiger partial charge in [-0.25, -0.2) is 4.79 Å². The number of rotatable bonds is 8. The highest BCUT2D eigenvalue weighted by Crippen LogP contribution is 2.32. The molecule has 28 heavy (non-hydrogen) atoms. The minimum Gasteiger partial charge on any atom is -0.490 e. The van der Waals surface area contributed by atoms with Gasteiger partial charge in [-0.1, -0.05) is 56.3 Å². The van der Waals surface area contributed by atoms with Crippen LogP contribution in [0.15, 0.2) is 78.9 Å². The van der Waals surface area contributed by atoms with Crippen LogP contribution in [0.2, 0.25) is 0 Å². The molecule has 0 fully saturated rings. The van der Waals surface area contributed by atoms with Gasteiger partial charge in [0.1, 0.15) is 24.7 Å². The Bertz CT molecular complexity index is 898. The molecule has 3 aromatic carbocycles. The summed E-state index contributed by atoms with van der Waals surface area (Å²) in [6, 6.07) is 24.9. The van der Waals surface area contributed by atoms with Gasteiger partial charge in [-0.3, -0.25) is 0 Å². The van der Waals surface area contributed by atoms with Gasteiger partial charge in [0.2, 0.25) is 0 Å². The van der Waals surface area contributed by atoms with Crippen LogP contribution >= 0.6 is 0 Å². The summed E-state index contributed by atoms with van der Waals surface area (Å²) < 4.78 is 11.3. The number of carbonyl (C=O) groups is 1. The zero-order valence-electron chi connectivity index (χ0n) is 16.1. The van der Waals surface area contributed by atoms with Crippen molar-refractivity contribution < 1.29 is 19.4 Å². The van der Waals surface area contributed by atoms with Crippen molar-refractivity contribution in [3.63, 3.8) is 0 Å². The number of aromatic carboxylic acids is 1. The monoisotopic (exact) mass is 376 g/mol. The lowest BCUT2D eigenvalue weighted by Gasteiger charge is -2.26. The molecular weight excluding hydrogens is 352 g/mol. The van der Waals surface area contributed by atoms with Gasteiger partial charge in [-0.15, -0.1) is 0 Å². The Labute approximate surface area is 165 Å². The predicted molar refractivity (Wildman–Crippen MR) is 109 cm³/mol. The van der Waals surface area contributed by atoms with Gasteiger partial charge in [-0.2, -0.15) is 0 Å². The molecule has 0 saturated heterocycles. The SMILES string of the molecule is CC(C)(c1ccccc1)c1ccc(OCCOc2ccc(C(=O)O)cc2)cc1. The van der Waals surface area contributed by atoms with Gasteiger partial charge in [0, 0.05) is 5.41 Å². The summed E-state index contributed by atoms with van der Waals surface area (Å²) in [6.07, 6.45) is 0. The first-order chi connectivity index (χ1) is 13.5. The fourth-order valence-corrected chi connectivity index (χ4v) is 3.00. The van der Waals surface area contributed by atoms with E-state index in [9.17, 15) is 4.79 Å². The summed E-state index contributed by atoms with van der Waals surface area (Å²) in [5, 5.41) is 8.89. The van der Waals surface area contributed by atoms with E-state index in [1.54, 1.807) is 12.1 Å². The van der Waals surface area contributed by atoms with E-state index in [1.807, 2.05) is 18.2 Å². The van der Waals surface area contributed by atoms with Crippen molar-refractivity contribution in [1.82, 2.24) is 0 Å². The smallest absolute Gasteiger partial charge is 0.335 e. The van der Waals surface area contributed by atoms with Gasteiger partial charge in [0.05, 0.1) is 5.56 Å². The lowest BCUT2D eigenvalue weighted by molar-refractivity contribution is 0.0697. The van der Waals surface area contributed by atoms with E-state index in [1.165, 1.54) is 23.3 Å². The van der Waals surface area contributed by atoms with Gasteiger partial charge in [0.15, 0.2) is 0 Å². The lowest BCUT2D eigenvalue weighted by Crippen LogP contribution is -2.18. The molecule has 0 saturated carbocycles. The maximum Gasteiger partial charge on any atom is 0.335 e. The summed E-state index contributed by atoms with van der Waals surface area (Å²) in [5.41, 5.74) is 2.65. The zero-order chi connectivity index (χ0) is 20.0. The van der Waals surface area contributed by atoms with Crippen LogP contribution in [0.25, 0.3) is 0 Å². The predicted octanol–water partition coefficient (Wildman–Crippen LogP) is 5.17. The molecule has 0 aromatic heterocycles. The molecule has 3 rings (SSSR count). The van der Waals surface area contributed by atoms with Crippen LogP contribution in [-0.4, -0.2) is 24.3 Å². The van der Waals surface area contributed by atoms with E-state index in [0.717, 1.165) is 5.75 Å². The third-order valence-electron chi connectivity index (χ3n) is 4.79. The van der Waals surface area contributed by atoms with Crippen LogP contribution in [0, 0.1) is 0 Å². The molecule has 0 radical (unpaired) electrons. The van der Waals surface area contributed by atoms with Crippen molar-refractivity contribution in [1.29, 1.82) is 0 Å². The molecule has 0 amide bonds. The number of hydrogen-bond acceptors (Lipinski definition) is 3. The quantitative estimate of drug-likeness (QED) is 0.551. The Kier molecular flexibility index (Phi) is 5.99. The van der Waals surface area contributed by atoms with Crippen molar-refractivity contribution >= 4 is 5.97 Å². The molecular formula is C24H24O4. The second kappa shape index (κ2) is 8.61. The Morgan fingerprint density at radius 3 is 1.71 bits per heavy atom. The van der Waals surface area contributed by atoms with Crippen LogP contribution < -0.4 is 9.47 Å². The first kappa shape index (κ1) is 19.5. The third kappa shape index (κ3) is 4.71. The van der Waals surface area contributed by atoms with E-state index < -0.39 is 5.97 Å². The van der Waals surface area contributed by atoms with E-state index >= 15 is 0 Å². The second-order valence-electron chi connectivity index (χ2n) is 7.04. The van der Waals surface area contributed by atoms with Gasteiger partial charge >= 0.3 is 5.97 Å². The standard InChI is InChI=1S/C24H24O4/c1-24(2,19-6-4-3-5-7-19)20-10-14-22(15-11-20)28-17-16-27-21-12-8-18(9-13-21)23(25)26/h3-15H,16-17H2,1-2H3,(H,25,26). The van der Waals surface area contributed by atoms with Crippen molar-refractivity contribution in [2.75, 3.05) is 13.2 Å². The van der Waals surface area contributed by atoms with Crippen molar-refractivity contribution in [3.8, 4) is 11.5 Å². The van der Waals surface area contributed by atoms with Gasteiger partial charge in [-0.05, 0) is 47.5 Å². The molecule has 0 aliphatic rings. The Morgan fingerprint density at radius 2 is 1.21 bits per heavy atom. The largest absolute Gasteiger partial charge is 0.490 e. The van der Waals surface area contributed by atoms with Crippen molar-refractivity contribution in [2.24, 2.45) is 0 Å². The molecule has 0 heterocycles. The van der Waals surface area contributed by atoms with Crippen LogP contribution in [0.1, 0.15) is 35.3 Å². The first-order valence-electron chi connectivity index (χ1n) is 9.22. The highest BCUT2D eigenvalue weighted by molar-refractivity contribution is 5.87. The molecule has 0 aliphatic heterocycles. The summed E-state index contributed by atoms with van der Waals surface area (Å²) >= 11 is 0. The Balaban J connectivity index is 1.51. The topological polar surface area (TPSA) is 55.8 Å². The van der Waals surface area contributed by atoms with Gasteiger partial charge < -0.3 is 14.6 Å². The fourth-order valence-electron chi connectivity index (χ4n) is 3.00. The highest BCUT2D eigenvalue weighted by Gasteiger charge is 2.22. The molecule has 0 unspecified atom stereocenters. The summed E-state index contributed by atoms with van der Waals surface area (Å²) in [6.45, 7) is 5.20. The minimum absolute atomic E-state index is 0.0784. The molecule has 4 nitrogen and oxygen atoms in total. The fraction of sp³-hybridized carbons (Fsp3) is 0.208. The molecule has 144 valence electrons. The zero-order valence-corrected chi connectivity index (χ0v) is 16.1. The number of hydrogen-bond donors (Lipinski definition) is 1. The number of carboxylic acid groups (broad SMARTS) is 1. The average molecular weight is 376 g/mol. The second-order valence-corrected chi connectivity index (χ2v) is 7.04. The molecule has 0 atom stereocenters. The number of benzene rings is 3. The molecule has 0 bridgehead atoms. The normalized spacial score (nSPS) is 11.1. The van der Waals surface area contributed by atoms with E-state index in [0.29, 0.717) is 19.0 Å². The first-order valence-corrected chi connectivity index (χ1v) is 9.22. The third-order valence-corrected chi connectivity index (χ3v) is 4.79. The maximum atomic E-state index is 10.8. The summed E-state index contributed by atoms with van der Waals surface area (Å²) in [4.78, 5) is 10.8. The lowest BCUT2D eigenvalue weighted by atomic mass is 9.78. The van der Waals surface area contributed by atoms with Crippen LogP contribution in [0.4, 0.5) is 0 Å². The highest BCUT2D eigenvalue weighted by atomic mass is 16.5. The van der Waals surface area contributed by atoms with Crippen molar-refractivity contribution in [3.05, 3.63) is 95.6 Å². The van der Waals surface area contributed by atoms with Crippen LogP contribution in [-0.2, 0) is 5.41 Å². The van der Waals surface area contributed by atoms with E-state index in [2.05, 4.69) is 50.2 Å². The molecule has 1 N–H and O–H groups in total. The Morgan fingerprint density at radius 1 is 0.750 bits per heavy atom. The van der Waals surface area contributed by atoms with E-state index in [4.69, 9.17) is 14.6 Å². The van der Waals surface area contributed by atoms with Crippen LogP contribution in [0.3, 0.4) is 0 Å². The maximum absolute atomic E-state index is 10.8. The number of ether oxygens (including phenoxy) is 2. The van der Waals surface area contributed by atoms with Crippen molar-refractivity contribution in [2.45, 2.75) is 19.3 Å². The molecule has 0 spiro atoms. The van der Waals surface area contributed by atoms with Crippen LogP contribution in [0.5, 0.6) is 11.5 Å². The number of carboxylic acids is 1. The summed E-state index contributed by atoms with van der Waals surface area (Å²) in [7, 11) is 0. The average Bonchev–Trinajstić information content (AvgIpc) is 2.72.